The molecule has 10 heteroatoms. The van der Waals surface area contributed by atoms with E-state index in [9.17, 15) is 4.79 Å². The van der Waals surface area contributed by atoms with Gasteiger partial charge in [0.1, 0.15) is 16.6 Å². The van der Waals surface area contributed by atoms with E-state index in [2.05, 4.69) is 27.1 Å². The molecule has 1 aliphatic heterocycles. The standard InChI is InChI=1S/C30H36N8OS/c1-19-13-27(35-30(32-19)37(4)18-23-9-6-12-38(23)17-20-10-11-20)34-26-15-24-25(16-31-26)40-28(33-24)21-7-5-8-22(14-21)29(39)36(2)3/h5,7-8,13-16,20,23H,6,9-12,17-18H2,1-4H3,(H,31,32,34,35)/t23-/m0/s1. The Hall–Kier alpha value is -3.63. The van der Waals surface area contributed by atoms with Crippen molar-refractivity contribution in [1.29, 1.82) is 0 Å². The number of aromatic nitrogens is 4. The molecule has 3 aromatic heterocycles. The fourth-order valence-electron chi connectivity index (χ4n) is 5.36. The number of hydrogen-bond acceptors (Lipinski definition) is 9. The highest BCUT2D eigenvalue weighted by Gasteiger charge is 2.31. The topological polar surface area (TPSA) is 90.4 Å². The third kappa shape index (κ3) is 5.93. The number of amides is 1. The number of aryl methyl sites for hydroxylation is 1. The van der Waals surface area contributed by atoms with Crippen molar-refractivity contribution in [2.24, 2.45) is 5.92 Å². The maximum Gasteiger partial charge on any atom is 0.253 e. The number of likely N-dealkylation sites (N-methyl/N-ethyl adjacent to an activating group) is 1. The second-order valence-electron chi connectivity index (χ2n) is 11.3. The molecule has 4 heterocycles. The highest BCUT2D eigenvalue weighted by Crippen LogP contribution is 2.33. The van der Waals surface area contributed by atoms with Gasteiger partial charge in [-0.2, -0.15) is 4.98 Å². The minimum atomic E-state index is -0.0277. The maximum absolute atomic E-state index is 12.4. The number of pyridine rings is 1. The molecule has 2 aliphatic rings. The van der Waals surface area contributed by atoms with E-state index in [-0.39, 0.29) is 5.91 Å². The lowest BCUT2D eigenvalue weighted by atomic mass is 10.1. The largest absolute Gasteiger partial charge is 0.345 e. The molecule has 0 bridgehead atoms. The van der Waals surface area contributed by atoms with E-state index in [1.807, 2.05) is 49.5 Å². The van der Waals surface area contributed by atoms with Gasteiger partial charge >= 0.3 is 0 Å². The summed E-state index contributed by atoms with van der Waals surface area (Å²) >= 11 is 1.56. The van der Waals surface area contributed by atoms with Gasteiger partial charge in [-0.15, -0.1) is 11.3 Å². The molecule has 1 N–H and O–H groups in total. The first-order valence-corrected chi connectivity index (χ1v) is 14.8. The summed E-state index contributed by atoms with van der Waals surface area (Å²) in [5.41, 5.74) is 3.32. The Labute approximate surface area is 239 Å². The van der Waals surface area contributed by atoms with Crippen LogP contribution in [0.5, 0.6) is 0 Å². The monoisotopic (exact) mass is 556 g/mol. The van der Waals surface area contributed by atoms with Crippen molar-refractivity contribution in [2.75, 3.05) is 51.0 Å². The maximum atomic E-state index is 12.4. The van der Waals surface area contributed by atoms with Gasteiger partial charge in [0.15, 0.2) is 0 Å². The predicted molar refractivity (Wildman–Crippen MR) is 162 cm³/mol. The zero-order valence-corrected chi connectivity index (χ0v) is 24.4. The molecule has 0 radical (unpaired) electrons. The molecule has 0 unspecified atom stereocenters. The van der Waals surface area contributed by atoms with Crippen molar-refractivity contribution in [3.63, 3.8) is 0 Å². The van der Waals surface area contributed by atoms with Gasteiger partial charge in [0, 0.05) is 75.4 Å². The van der Waals surface area contributed by atoms with Crippen molar-refractivity contribution >= 4 is 45.0 Å². The molecule has 40 heavy (non-hydrogen) atoms. The first kappa shape index (κ1) is 26.6. The zero-order valence-electron chi connectivity index (χ0n) is 23.6. The van der Waals surface area contributed by atoms with E-state index >= 15 is 0 Å². The van der Waals surface area contributed by atoms with Gasteiger partial charge in [-0.05, 0) is 57.2 Å². The third-order valence-electron chi connectivity index (χ3n) is 7.65. The first-order chi connectivity index (χ1) is 19.3. The van der Waals surface area contributed by atoms with Crippen LogP contribution in [0, 0.1) is 12.8 Å². The van der Waals surface area contributed by atoms with E-state index < -0.39 is 0 Å². The molecule has 208 valence electrons. The highest BCUT2D eigenvalue weighted by atomic mass is 32.1. The van der Waals surface area contributed by atoms with Gasteiger partial charge in [0.2, 0.25) is 5.95 Å². The van der Waals surface area contributed by atoms with Crippen LogP contribution in [0.1, 0.15) is 41.7 Å². The van der Waals surface area contributed by atoms with Crippen LogP contribution in [-0.4, -0.2) is 82.5 Å². The number of carbonyl (C=O) groups is 1. The van der Waals surface area contributed by atoms with Gasteiger partial charge in [-0.3, -0.25) is 9.69 Å². The molecule has 1 aromatic carbocycles. The van der Waals surface area contributed by atoms with Crippen LogP contribution in [0.2, 0.25) is 0 Å². The van der Waals surface area contributed by atoms with E-state index in [0.717, 1.165) is 44.9 Å². The number of fused-ring (bicyclic) bond motifs is 1. The average molecular weight is 557 g/mol. The summed E-state index contributed by atoms with van der Waals surface area (Å²) < 4.78 is 0.983. The fourth-order valence-corrected chi connectivity index (χ4v) is 6.27. The van der Waals surface area contributed by atoms with Crippen molar-refractivity contribution in [1.82, 2.24) is 29.7 Å². The molecule has 1 saturated carbocycles. The summed E-state index contributed by atoms with van der Waals surface area (Å²) in [6, 6.07) is 12.1. The smallest absolute Gasteiger partial charge is 0.253 e. The summed E-state index contributed by atoms with van der Waals surface area (Å²) in [4.78, 5) is 37.9. The molecule has 1 amide bonds. The Kier molecular flexibility index (Phi) is 7.37. The average Bonchev–Trinajstić information content (AvgIpc) is 3.49. The second-order valence-corrected chi connectivity index (χ2v) is 12.3. The lowest BCUT2D eigenvalue weighted by molar-refractivity contribution is 0.0827. The third-order valence-corrected chi connectivity index (χ3v) is 8.71. The zero-order chi connectivity index (χ0) is 27.8. The normalized spacial score (nSPS) is 17.4. The molecule has 1 aliphatic carbocycles. The first-order valence-electron chi connectivity index (χ1n) is 14.0. The SMILES string of the molecule is Cc1cc(Nc2cc3nc(-c4cccc(C(=O)N(C)C)c4)sc3cn2)nc(N(C)C[C@@H]2CCCN2CC2CC2)n1. The van der Waals surface area contributed by atoms with Gasteiger partial charge in [0.05, 0.1) is 10.2 Å². The Morgan fingerprint density at radius 3 is 2.73 bits per heavy atom. The molecular formula is C30H36N8OS. The molecule has 4 aromatic rings. The van der Waals surface area contributed by atoms with Gasteiger partial charge in [0.25, 0.3) is 5.91 Å². The summed E-state index contributed by atoms with van der Waals surface area (Å²) in [5.74, 6) is 3.00. The predicted octanol–water partition coefficient (Wildman–Crippen LogP) is 5.21. The number of nitrogens with zero attached hydrogens (tertiary/aromatic N) is 7. The lowest BCUT2D eigenvalue weighted by Gasteiger charge is -2.29. The fraction of sp³-hybridized carbons (Fsp3) is 0.433. The van der Waals surface area contributed by atoms with Crippen molar-refractivity contribution in [2.45, 2.75) is 38.6 Å². The van der Waals surface area contributed by atoms with E-state index in [1.54, 1.807) is 30.3 Å². The van der Waals surface area contributed by atoms with Crippen LogP contribution in [0.15, 0.2) is 42.6 Å². The Morgan fingerprint density at radius 1 is 1.07 bits per heavy atom. The number of benzene rings is 1. The number of carbonyl (C=O) groups excluding carboxylic acids is 1. The lowest BCUT2D eigenvalue weighted by Crippen LogP contribution is -2.40. The molecule has 1 saturated heterocycles. The highest BCUT2D eigenvalue weighted by molar-refractivity contribution is 7.21. The minimum absolute atomic E-state index is 0.0277. The van der Waals surface area contributed by atoms with Crippen LogP contribution < -0.4 is 10.2 Å². The molecule has 1 atom stereocenters. The Morgan fingerprint density at radius 2 is 1.93 bits per heavy atom. The van der Waals surface area contributed by atoms with Crippen LogP contribution in [0.25, 0.3) is 20.8 Å². The van der Waals surface area contributed by atoms with E-state index in [0.29, 0.717) is 23.2 Å². The summed E-state index contributed by atoms with van der Waals surface area (Å²) in [6.45, 7) is 5.38. The van der Waals surface area contributed by atoms with Crippen LogP contribution >= 0.6 is 11.3 Å². The quantitative estimate of drug-likeness (QED) is 0.300. The molecule has 0 spiro atoms. The van der Waals surface area contributed by atoms with Gasteiger partial charge in [-0.1, -0.05) is 12.1 Å². The summed E-state index contributed by atoms with van der Waals surface area (Å²) in [5, 5.41) is 4.22. The van der Waals surface area contributed by atoms with Crippen LogP contribution in [-0.2, 0) is 0 Å². The van der Waals surface area contributed by atoms with Gasteiger partial charge in [-0.25, -0.2) is 15.0 Å². The number of rotatable bonds is 9. The molecule has 2 fully saturated rings. The molecular weight excluding hydrogens is 520 g/mol. The summed E-state index contributed by atoms with van der Waals surface area (Å²) in [7, 11) is 5.60. The number of anilines is 3. The minimum Gasteiger partial charge on any atom is -0.345 e. The van der Waals surface area contributed by atoms with Crippen molar-refractivity contribution < 1.29 is 4.79 Å². The number of hydrogen-bond donors (Lipinski definition) is 1. The Bertz CT molecular complexity index is 1530. The van der Waals surface area contributed by atoms with Gasteiger partial charge < -0.3 is 15.1 Å². The number of nitrogens with one attached hydrogen (secondary N) is 1. The van der Waals surface area contributed by atoms with Crippen molar-refractivity contribution in [3.8, 4) is 10.6 Å². The van der Waals surface area contributed by atoms with Crippen molar-refractivity contribution in [3.05, 3.63) is 53.9 Å². The number of likely N-dealkylation sites (tertiary alicyclic amines) is 1. The Balaban J connectivity index is 1.18. The van der Waals surface area contributed by atoms with Crippen LogP contribution in [0.4, 0.5) is 17.6 Å². The second kappa shape index (κ2) is 11.1. The molecule has 9 nitrogen and oxygen atoms in total. The number of thiazole rings is 1. The summed E-state index contributed by atoms with van der Waals surface area (Å²) in [6.07, 6.45) is 7.14. The molecule has 6 rings (SSSR count). The van der Waals surface area contributed by atoms with E-state index in [1.165, 1.54) is 38.8 Å². The van der Waals surface area contributed by atoms with Crippen LogP contribution in [0.3, 0.4) is 0 Å². The van der Waals surface area contributed by atoms with E-state index in [4.69, 9.17) is 15.0 Å².